The van der Waals surface area contributed by atoms with Gasteiger partial charge in [-0.25, -0.2) is 8.42 Å². The summed E-state index contributed by atoms with van der Waals surface area (Å²) in [6.45, 7) is 0. The Labute approximate surface area is 110 Å². The van der Waals surface area contributed by atoms with Crippen LogP contribution in [0.3, 0.4) is 0 Å². The molecule has 0 radical (unpaired) electrons. The van der Waals surface area contributed by atoms with E-state index < -0.39 is 28.2 Å². The average Bonchev–Trinajstić information content (AvgIpc) is 2.36. The van der Waals surface area contributed by atoms with Crippen molar-refractivity contribution in [1.82, 2.24) is 4.98 Å². The van der Waals surface area contributed by atoms with Gasteiger partial charge in [-0.2, -0.15) is 0 Å². The SMILES string of the molecule is O=C(O)CCS(=O)(=O)Nc1ccc2ncccc2c1. The number of carbonyl (C=O) groups is 1. The average molecular weight is 280 g/mol. The molecule has 2 aromatic rings. The molecule has 1 heterocycles. The number of benzene rings is 1. The van der Waals surface area contributed by atoms with E-state index in [1.54, 1.807) is 30.5 Å². The first-order chi connectivity index (χ1) is 8.96. The van der Waals surface area contributed by atoms with Gasteiger partial charge in [-0.05, 0) is 24.3 Å². The van der Waals surface area contributed by atoms with Gasteiger partial charge in [-0.1, -0.05) is 6.07 Å². The Morgan fingerprint density at radius 2 is 2.11 bits per heavy atom. The van der Waals surface area contributed by atoms with Gasteiger partial charge >= 0.3 is 5.97 Å². The Balaban J connectivity index is 2.19. The van der Waals surface area contributed by atoms with Crippen LogP contribution in [-0.2, 0) is 14.8 Å². The van der Waals surface area contributed by atoms with Crippen LogP contribution < -0.4 is 4.72 Å². The third-order valence-electron chi connectivity index (χ3n) is 2.46. The van der Waals surface area contributed by atoms with Crippen molar-refractivity contribution in [2.75, 3.05) is 10.5 Å². The van der Waals surface area contributed by atoms with E-state index in [1.807, 2.05) is 6.07 Å². The van der Waals surface area contributed by atoms with E-state index in [-0.39, 0.29) is 0 Å². The Morgan fingerprint density at radius 1 is 1.32 bits per heavy atom. The van der Waals surface area contributed by atoms with Crippen LogP contribution in [0.25, 0.3) is 10.9 Å². The molecule has 0 saturated heterocycles. The highest BCUT2D eigenvalue weighted by Gasteiger charge is 2.13. The summed E-state index contributed by atoms with van der Waals surface area (Å²) < 4.78 is 25.6. The molecule has 1 aromatic carbocycles. The lowest BCUT2D eigenvalue weighted by Gasteiger charge is -2.07. The topological polar surface area (TPSA) is 96.4 Å². The van der Waals surface area contributed by atoms with Crippen LogP contribution in [0.15, 0.2) is 36.5 Å². The molecule has 2 rings (SSSR count). The zero-order valence-corrected chi connectivity index (χ0v) is 10.7. The maximum absolute atomic E-state index is 11.7. The molecule has 0 aliphatic carbocycles. The molecule has 19 heavy (non-hydrogen) atoms. The molecular formula is C12H12N2O4S. The highest BCUT2D eigenvalue weighted by Crippen LogP contribution is 2.18. The first kappa shape index (κ1) is 13.3. The number of anilines is 1. The summed E-state index contributed by atoms with van der Waals surface area (Å²) in [5.41, 5.74) is 1.15. The molecule has 2 N–H and O–H groups in total. The summed E-state index contributed by atoms with van der Waals surface area (Å²) in [5, 5.41) is 9.29. The smallest absolute Gasteiger partial charge is 0.304 e. The zero-order chi connectivity index (χ0) is 13.9. The molecule has 0 saturated carbocycles. The summed E-state index contributed by atoms with van der Waals surface area (Å²) in [7, 11) is -3.65. The van der Waals surface area contributed by atoms with E-state index in [9.17, 15) is 13.2 Å². The molecule has 0 fully saturated rings. The summed E-state index contributed by atoms with van der Waals surface area (Å²) >= 11 is 0. The third-order valence-corrected chi connectivity index (χ3v) is 3.75. The number of aromatic nitrogens is 1. The minimum atomic E-state index is -3.65. The van der Waals surface area contributed by atoms with Gasteiger partial charge in [0.2, 0.25) is 10.0 Å². The van der Waals surface area contributed by atoms with Crippen molar-refractivity contribution >= 4 is 32.6 Å². The molecule has 0 aliphatic rings. The lowest BCUT2D eigenvalue weighted by atomic mass is 10.2. The number of hydrogen-bond acceptors (Lipinski definition) is 4. The number of carboxylic acid groups (broad SMARTS) is 1. The monoisotopic (exact) mass is 280 g/mol. The lowest BCUT2D eigenvalue weighted by molar-refractivity contribution is -0.136. The van der Waals surface area contributed by atoms with Gasteiger partial charge in [0, 0.05) is 17.3 Å². The van der Waals surface area contributed by atoms with E-state index in [0.29, 0.717) is 5.69 Å². The Kier molecular flexibility index (Phi) is 3.66. The second kappa shape index (κ2) is 5.23. The molecule has 0 bridgehead atoms. The Bertz CT molecular complexity index is 712. The fourth-order valence-electron chi connectivity index (χ4n) is 1.59. The van der Waals surface area contributed by atoms with E-state index in [0.717, 1.165) is 10.9 Å². The zero-order valence-electron chi connectivity index (χ0n) is 9.91. The predicted octanol–water partition coefficient (Wildman–Crippen LogP) is 1.45. The van der Waals surface area contributed by atoms with Gasteiger partial charge in [0.25, 0.3) is 0 Å². The van der Waals surface area contributed by atoms with Crippen LogP contribution in [0.1, 0.15) is 6.42 Å². The highest BCUT2D eigenvalue weighted by molar-refractivity contribution is 7.92. The number of sulfonamides is 1. The van der Waals surface area contributed by atoms with Gasteiger partial charge in [0.1, 0.15) is 0 Å². The minimum Gasteiger partial charge on any atom is -0.481 e. The maximum atomic E-state index is 11.7. The molecular weight excluding hydrogens is 268 g/mol. The quantitative estimate of drug-likeness (QED) is 0.864. The highest BCUT2D eigenvalue weighted by atomic mass is 32.2. The van der Waals surface area contributed by atoms with Crippen molar-refractivity contribution in [1.29, 1.82) is 0 Å². The van der Waals surface area contributed by atoms with Crippen molar-refractivity contribution in [2.24, 2.45) is 0 Å². The largest absolute Gasteiger partial charge is 0.481 e. The van der Waals surface area contributed by atoms with Gasteiger partial charge in [0.05, 0.1) is 17.7 Å². The third kappa shape index (κ3) is 3.65. The molecule has 0 spiro atoms. The number of aliphatic carboxylic acids is 1. The number of hydrogen-bond donors (Lipinski definition) is 2. The first-order valence-electron chi connectivity index (χ1n) is 5.53. The predicted molar refractivity (Wildman–Crippen MR) is 71.4 cm³/mol. The molecule has 0 unspecified atom stereocenters. The number of nitrogens with zero attached hydrogens (tertiary/aromatic N) is 1. The first-order valence-corrected chi connectivity index (χ1v) is 7.18. The van der Waals surface area contributed by atoms with E-state index >= 15 is 0 Å². The minimum absolute atomic E-state index is 0.394. The van der Waals surface area contributed by atoms with Crippen LogP contribution in [0.2, 0.25) is 0 Å². The van der Waals surface area contributed by atoms with Crippen LogP contribution in [0.5, 0.6) is 0 Å². The maximum Gasteiger partial charge on any atom is 0.304 e. The van der Waals surface area contributed by atoms with Gasteiger partial charge in [0.15, 0.2) is 0 Å². The van der Waals surface area contributed by atoms with Crippen LogP contribution in [0, 0.1) is 0 Å². The summed E-state index contributed by atoms with van der Waals surface area (Å²) in [4.78, 5) is 14.5. The molecule has 1 aromatic heterocycles. The van der Waals surface area contributed by atoms with Crippen LogP contribution in [0.4, 0.5) is 5.69 Å². The number of nitrogens with one attached hydrogen (secondary N) is 1. The van der Waals surface area contributed by atoms with Crippen molar-refractivity contribution in [3.63, 3.8) is 0 Å². The van der Waals surface area contributed by atoms with Crippen LogP contribution >= 0.6 is 0 Å². The van der Waals surface area contributed by atoms with Crippen molar-refractivity contribution in [3.05, 3.63) is 36.5 Å². The fraction of sp³-hybridized carbons (Fsp3) is 0.167. The van der Waals surface area contributed by atoms with Crippen molar-refractivity contribution in [3.8, 4) is 0 Å². The normalized spacial score (nSPS) is 11.4. The number of rotatable bonds is 5. The molecule has 0 atom stereocenters. The standard InChI is InChI=1S/C12H12N2O4S/c15-12(16)5-7-19(17,18)14-10-3-4-11-9(8-10)2-1-6-13-11/h1-4,6,8,14H,5,7H2,(H,15,16). The van der Waals surface area contributed by atoms with E-state index in [2.05, 4.69) is 9.71 Å². The van der Waals surface area contributed by atoms with Gasteiger partial charge in [-0.15, -0.1) is 0 Å². The second-order valence-corrected chi connectivity index (χ2v) is 5.82. The molecule has 100 valence electrons. The second-order valence-electron chi connectivity index (χ2n) is 3.98. The van der Waals surface area contributed by atoms with Gasteiger partial charge in [-0.3, -0.25) is 14.5 Å². The molecule has 0 amide bonds. The van der Waals surface area contributed by atoms with Gasteiger partial charge < -0.3 is 5.11 Å². The van der Waals surface area contributed by atoms with Crippen LogP contribution in [-0.4, -0.2) is 30.2 Å². The number of fused-ring (bicyclic) bond motifs is 1. The molecule has 7 heteroatoms. The van der Waals surface area contributed by atoms with Crippen molar-refractivity contribution in [2.45, 2.75) is 6.42 Å². The lowest BCUT2D eigenvalue weighted by Crippen LogP contribution is -2.18. The molecule has 6 nitrogen and oxygen atoms in total. The summed E-state index contributed by atoms with van der Waals surface area (Å²) in [5.74, 6) is -1.60. The summed E-state index contributed by atoms with van der Waals surface area (Å²) in [6.07, 6.45) is 1.23. The van der Waals surface area contributed by atoms with E-state index in [1.165, 1.54) is 0 Å². The Hall–Kier alpha value is -2.15. The molecule has 0 aliphatic heterocycles. The Morgan fingerprint density at radius 3 is 2.84 bits per heavy atom. The fourth-order valence-corrected chi connectivity index (χ4v) is 2.62. The number of pyridine rings is 1. The number of carboxylic acids is 1. The van der Waals surface area contributed by atoms with E-state index in [4.69, 9.17) is 5.11 Å². The summed E-state index contributed by atoms with van der Waals surface area (Å²) in [6, 6.07) is 8.51. The van der Waals surface area contributed by atoms with Crippen molar-refractivity contribution < 1.29 is 18.3 Å².